The van der Waals surface area contributed by atoms with Crippen molar-refractivity contribution < 1.29 is 19.2 Å². The molecule has 1 amide bonds. The molecule has 1 aromatic rings. The highest BCUT2D eigenvalue weighted by Gasteiger charge is 2.21. The number of amides is 1. The van der Waals surface area contributed by atoms with E-state index in [0.29, 0.717) is 18.6 Å². The van der Waals surface area contributed by atoms with Gasteiger partial charge in [-0.3, -0.25) is 4.79 Å². The van der Waals surface area contributed by atoms with E-state index in [4.69, 9.17) is 9.63 Å². The van der Waals surface area contributed by atoms with Crippen LogP contribution in [0, 0.1) is 6.92 Å². The van der Waals surface area contributed by atoms with Crippen LogP contribution in [-0.2, 0) is 4.79 Å². The molecule has 88 valence electrons. The summed E-state index contributed by atoms with van der Waals surface area (Å²) in [5.74, 6) is -1.07. The van der Waals surface area contributed by atoms with Crippen molar-refractivity contribution in [1.29, 1.82) is 0 Å². The fraction of sp³-hybridized carbons (Fsp3) is 0.500. The Hall–Kier alpha value is -1.85. The van der Waals surface area contributed by atoms with Gasteiger partial charge in [-0.05, 0) is 13.3 Å². The van der Waals surface area contributed by atoms with E-state index in [1.54, 1.807) is 6.92 Å². The molecule has 1 heterocycles. The lowest BCUT2D eigenvalue weighted by Gasteiger charge is -2.11. The number of carboxylic acid groups (broad SMARTS) is 1. The van der Waals surface area contributed by atoms with Crippen LogP contribution in [-0.4, -0.2) is 28.2 Å². The Morgan fingerprint density at radius 2 is 2.31 bits per heavy atom. The maximum absolute atomic E-state index is 11.6. The average Bonchev–Trinajstić information content (AvgIpc) is 2.64. The van der Waals surface area contributed by atoms with Crippen molar-refractivity contribution in [1.82, 2.24) is 10.5 Å². The van der Waals surface area contributed by atoms with Crippen LogP contribution >= 0.6 is 0 Å². The number of hydrogen-bond acceptors (Lipinski definition) is 4. The molecule has 2 N–H and O–H groups in total. The van der Waals surface area contributed by atoms with Gasteiger partial charge in [0, 0.05) is 6.07 Å². The molecule has 0 spiro atoms. The second kappa shape index (κ2) is 5.29. The van der Waals surface area contributed by atoms with Crippen molar-refractivity contribution in [3.05, 3.63) is 17.5 Å². The highest BCUT2D eigenvalue weighted by molar-refractivity contribution is 5.94. The van der Waals surface area contributed by atoms with E-state index in [-0.39, 0.29) is 5.69 Å². The summed E-state index contributed by atoms with van der Waals surface area (Å²) in [6.07, 6.45) is 1.06. The molecule has 0 aliphatic heterocycles. The third kappa shape index (κ3) is 3.08. The van der Waals surface area contributed by atoms with Crippen LogP contribution < -0.4 is 5.32 Å². The first-order valence-corrected chi connectivity index (χ1v) is 5.01. The van der Waals surface area contributed by atoms with Crippen LogP contribution in [0.3, 0.4) is 0 Å². The van der Waals surface area contributed by atoms with Gasteiger partial charge in [0.2, 0.25) is 0 Å². The maximum Gasteiger partial charge on any atom is 0.326 e. The Balaban J connectivity index is 2.65. The Bertz CT molecular complexity index is 386. The van der Waals surface area contributed by atoms with Crippen molar-refractivity contribution in [2.24, 2.45) is 0 Å². The van der Waals surface area contributed by atoms with E-state index in [2.05, 4.69) is 10.5 Å². The molecule has 0 aromatic carbocycles. The molecule has 6 heteroatoms. The molecule has 6 nitrogen and oxygen atoms in total. The Morgan fingerprint density at radius 1 is 1.62 bits per heavy atom. The van der Waals surface area contributed by atoms with Crippen molar-refractivity contribution in [3.8, 4) is 0 Å². The van der Waals surface area contributed by atoms with Crippen LogP contribution in [0.4, 0.5) is 0 Å². The molecule has 0 bridgehead atoms. The third-order valence-corrected chi connectivity index (χ3v) is 2.04. The van der Waals surface area contributed by atoms with Gasteiger partial charge in [-0.1, -0.05) is 18.5 Å². The second-order valence-electron chi connectivity index (χ2n) is 3.48. The molecular weight excluding hydrogens is 212 g/mol. The van der Waals surface area contributed by atoms with Gasteiger partial charge < -0.3 is 14.9 Å². The van der Waals surface area contributed by atoms with Gasteiger partial charge in [0.25, 0.3) is 5.91 Å². The van der Waals surface area contributed by atoms with E-state index in [1.807, 2.05) is 6.92 Å². The minimum absolute atomic E-state index is 0.0971. The van der Waals surface area contributed by atoms with Crippen LogP contribution in [0.2, 0.25) is 0 Å². The third-order valence-electron chi connectivity index (χ3n) is 2.04. The molecule has 0 aliphatic carbocycles. The molecule has 1 aromatic heterocycles. The quantitative estimate of drug-likeness (QED) is 0.780. The summed E-state index contributed by atoms with van der Waals surface area (Å²) in [4.78, 5) is 22.4. The van der Waals surface area contributed by atoms with Crippen LogP contribution in [0.5, 0.6) is 0 Å². The van der Waals surface area contributed by atoms with E-state index in [1.165, 1.54) is 6.07 Å². The summed E-state index contributed by atoms with van der Waals surface area (Å²) in [5.41, 5.74) is 0.0971. The zero-order valence-corrected chi connectivity index (χ0v) is 9.19. The molecule has 0 radical (unpaired) electrons. The molecule has 0 aliphatic rings. The molecule has 0 saturated carbocycles. The van der Waals surface area contributed by atoms with Gasteiger partial charge in [-0.25, -0.2) is 4.79 Å². The lowest BCUT2D eigenvalue weighted by Crippen LogP contribution is -2.40. The van der Waals surface area contributed by atoms with Gasteiger partial charge in [-0.15, -0.1) is 0 Å². The summed E-state index contributed by atoms with van der Waals surface area (Å²) in [6.45, 7) is 3.51. The maximum atomic E-state index is 11.6. The summed E-state index contributed by atoms with van der Waals surface area (Å²) < 4.78 is 4.73. The zero-order valence-electron chi connectivity index (χ0n) is 9.19. The first-order chi connectivity index (χ1) is 7.54. The largest absolute Gasteiger partial charge is 0.480 e. The predicted molar refractivity (Wildman–Crippen MR) is 55.0 cm³/mol. The highest BCUT2D eigenvalue weighted by atomic mass is 16.5. The van der Waals surface area contributed by atoms with Gasteiger partial charge in [-0.2, -0.15) is 0 Å². The number of carboxylic acids is 1. The monoisotopic (exact) mass is 226 g/mol. The smallest absolute Gasteiger partial charge is 0.326 e. The standard InChI is InChI=1S/C10H14N2O4/c1-3-4-7(10(14)15)11-9(13)8-5-6(2)16-12-8/h5,7H,3-4H2,1-2H3,(H,11,13)(H,14,15)/t7-/m0/s1. The van der Waals surface area contributed by atoms with Crippen LogP contribution in [0.1, 0.15) is 36.0 Å². The normalized spacial score (nSPS) is 12.1. The first-order valence-electron chi connectivity index (χ1n) is 5.01. The SMILES string of the molecule is CCC[C@H](NC(=O)c1cc(C)on1)C(=O)O. The molecule has 0 unspecified atom stereocenters. The summed E-state index contributed by atoms with van der Waals surface area (Å²) in [7, 11) is 0. The van der Waals surface area contributed by atoms with Gasteiger partial charge in [0.15, 0.2) is 5.69 Å². The molecule has 16 heavy (non-hydrogen) atoms. The molecule has 1 atom stereocenters. The Labute approximate surface area is 92.6 Å². The topological polar surface area (TPSA) is 92.4 Å². The first kappa shape index (κ1) is 12.2. The minimum Gasteiger partial charge on any atom is -0.480 e. The number of hydrogen-bond donors (Lipinski definition) is 2. The molecular formula is C10H14N2O4. The van der Waals surface area contributed by atoms with Gasteiger partial charge in [0.1, 0.15) is 11.8 Å². The van der Waals surface area contributed by atoms with Crippen molar-refractivity contribution in [3.63, 3.8) is 0 Å². The molecule has 1 rings (SSSR count). The van der Waals surface area contributed by atoms with E-state index >= 15 is 0 Å². The van der Waals surface area contributed by atoms with Crippen molar-refractivity contribution in [2.45, 2.75) is 32.7 Å². The summed E-state index contributed by atoms with van der Waals surface area (Å²) >= 11 is 0. The second-order valence-corrected chi connectivity index (χ2v) is 3.48. The van der Waals surface area contributed by atoms with Crippen molar-refractivity contribution in [2.75, 3.05) is 0 Å². The van der Waals surface area contributed by atoms with Crippen LogP contribution in [0.15, 0.2) is 10.6 Å². The van der Waals surface area contributed by atoms with Crippen LogP contribution in [0.25, 0.3) is 0 Å². The van der Waals surface area contributed by atoms with Gasteiger partial charge in [0.05, 0.1) is 0 Å². The number of aliphatic carboxylic acids is 1. The minimum atomic E-state index is -1.05. The summed E-state index contributed by atoms with van der Waals surface area (Å²) in [6, 6.07) is 0.578. The lowest BCUT2D eigenvalue weighted by molar-refractivity contribution is -0.139. The number of nitrogens with zero attached hydrogens (tertiary/aromatic N) is 1. The molecule has 0 saturated heterocycles. The lowest BCUT2D eigenvalue weighted by atomic mass is 10.1. The summed E-state index contributed by atoms with van der Waals surface area (Å²) in [5, 5.41) is 14.7. The van der Waals surface area contributed by atoms with Gasteiger partial charge >= 0.3 is 5.97 Å². The number of carbonyl (C=O) groups is 2. The number of rotatable bonds is 5. The highest BCUT2D eigenvalue weighted by Crippen LogP contribution is 2.03. The van der Waals surface area contributed by atoms with Crippen molar-refractivity contribution >= 4 is 11.9 Å². The Morgan fingerprint density at radius 3 is 2.75 bits per heavy atom. The average molecular weight is 226 g/mol. The number of nitrogens with one attached hydrogen (secondary N) is 1. The number of aryl methyl sites for hydroxylation is 1. The zero-order chi connectivity index (χ0) is 12.1. The van der Waals surface area contributed by atoms with E-state index in [0.717, 1.165) is 0 Å². The number of aromatic nitrogens is 1. The molecule has 0 fully saturated rings. The fourth-order valence-electron chi connectivity index (χ4n) is 1.25. The number of carbonyl (C=O) groups excluding carboxylic acids is 1. The van der Waals surface area contributed by atoms with E-state index in [9.17, 15) is 9.59 Å². The predicted octanol–water partition coefficient (Wildman–Crippen LogP) is 0.966. The van der Waals surface area contributed by atoms with E-state index < -0.39 is 17.9 Å². The fourth-order valence-corrected chi connectivity index (χ4v) is 1.25. The Kier molecular flexibility index (Phi) is 4.04.